The van der Waals surface area contributed by atoms with Gasteiger partial charge in [0.05, 0.1) is 0 Å². The Morgan fingerprint density at radius 1 is 1.24 bits per heavy atom. The van der Waals surface area contributed by atoms with Crippen molar-refractivity contribution in [3.63, 3.8) is 0 Å². The third-order valence-corrected chi connectivity index (χ3v) is 4.88. The molecular weight excluding hydrogens is 364 g/mol. The monoisotopic (exact) mass is 402 g/mol. The summed E-state index contributed by atoms with van der Waals surface area (Å²) in [4.78, 5) is 16.0. The number of rotatable bonds is 10. The molecule has 0 spiro atoms. The summed E-state index contributed by atoms with van der Waals surface area (Å²) in [6.07, 6.45) is 5.35. The second-order valence-electron chi connectivity index (χ2n) is 9.17. The predicted molar refractivity (Wildman–Crippen MR) is 119 cm³/mol. The van der Waals surface area contributed by atoms with Crippen LogP contribution in [-0.4, -0.2) is 44.1 Å². The van der Waals surface area contributed by atoms with Crippen molar-refractivity contribution in [2.24, 2.45) is 10.4 Å². The van der Waals surface area contributed by atoms with Crippen molar-refractivity contribution < 1.29 is 9.53 Å². The van der Waals surface area contributed by atoms with E-state index in [0.29, 0.717) is 17.5 Å². The van der Waals surface area contributed by atoms with E-state index in [2.05, 4.69) is 48.6 Å². The lowest BCUT2D eigenvalue weighted by molar-refractivity contribution is -0.123. The van der Waals surface area contributed by atoms with Gasteiger partial charge in [0, 0.05) is 25.7 Å². The third kappa shape index (κ3) is 10.2. The first kappa shape index (κ1) is 23.0. The molecule has 1 saturated carbocycles. The normalized spacial score (nSPS) is 15.6. The highest BCUT2D eigenvalue weighted by Gasteiger charge is 2.23. The minimum atomic E-state index is -0.0450. The Bertz CT molecular complexity index is 660. The zero-order valence-electron chi connectivity index (χ0n) is 18.7. The smallest absolute Gasteiger partial charge is 0.258 e. The lowest BCUT2D eigenvalue weighted by atomic mass is 9.89. The number of hydrogen-bond donors (Lipinski definition) is 3. The number of amides is 1. The lowest BCUT2D eigenvalue weighted by Gasteiger charge is -2.23. The molecule has 29 heavy (non-hydrogen) atoms. The maximum Gasteiger partial charge on any atom is 0.258 e. The number of benzene rings is 1. The van der Waals surface area contributed by atoms with Crippen LogP contribution in [0.5, 0.6) is 5.75 Å². The van der Waals surface area contributed by atoms with Crippen LogP contribution >= 0.6 is 0 Å². The van der Waals surface area contributed by atoms with Gasteiger partial charge in [-0.3, -0.25) is 9.79 Å². The summed E-state index contributed by atoms with van der Waals surface area (Å²) < 4.78 is 5.55. The molecule has 0 saturated heterocycles. The van der Waals surface area contributed by atoms with Crippen LogP contribution in [0.25, 0.3) is 0 Å². The summed E-state index contributed by atoms with van der Waals surface area (Å²) in [5.74, 6) is 1.52. The number of ether oxygens (including phenoxy) is 1. The zero-order chi connectivity index (χ0) is 21.3. The van der Waals surface area contributed by atoms with Gasteiger partial charge in [0.1, 0.15) is 5.75 Å². The van der Waals surface area contributed by atoms with E-state index in [1.165, 1.54) is 12.0 Å². The SMILES string of the molecule is CN=C(NCCc1ccc(OCC(=O)NC2CC2)cc1)NC(C)CCC(C)(C)C. The third-order valence-electron chi connectivity index (χ3n) is 4.88. The van der Waals surface area contributed by atoms with Crippen LogP contribution in [0.4, 0.5) is 0 Å². The average molecular weight is 403 g/mol. The van der Waals surface area contributed by atoms with Gasteiger partial charge < -0.3 is 20.7 Å². The molecular formula is C23H38N4O2. The largest absolute Gasteiger partial charge is 0.484 e. The van der Waals surface area contributed by atoms with Crippen LogP contribution in [0.15, 0.2) is 29.3 Å². The van der Waals surface area contributed by atoms with E-state index in [0.717, 1.165) is 43.9 Å². The Morgan fingerprint density at radius 2 is 1.93 bits per heavy atom. The van der Waals surface area contributed by atoms with Gasteiger partial charge >= 0.3 is 0 Å². The van der Waals surface area contributed by atoms with Gasteiger partial charge in [0.25, 0.3) is 5.91 Å². The van der Waals surface area contributed by atoms with Gasteiger partial charge in [0.2, 0.25) is 0 Å². The van der Waals surface area contributed by atoms with Crippen LogP contribution in [0.1, 0.15) is 58.9 Å². The average Bonchev–Trinajstić information content (AvgIpc) is 3.48. The Balaban J connectivity index is 1.65. The number of carbonyl (C=O) groups is 1. The standard InChI is InChI=1S/C23H38N4O2/c1-17(12-14-23(2,3)4)26-22(24-5)25-15-13-18-6-10-20(11-7-18)29-16-21(28)27-19-8-9-19/h6-7,10-11,17,19H,8-9,12-16H2,1-5H3,(H,27,28)(H2,24,25,26). The summed E-state index contributed by atoms with van der Waals surface area (Å²) in [6.45, 7) is 9.88. The molecule has 1 unspecified atom stereocenters. The number of aliphatic imine (C=N–C) groups is 1. The topological polar surface area (TPSA) is 74.8 Å². The molecule has 0 aliphatic heterocycles. The van der Waals surface area contributed by atoms with E-state index in [-0.39, 0.29) is 12.5 Å². The van der Waals surface area contributed by atoms with Crippen molar-refractivity contribution in [3.05, 3.63) is 29.8 Å². The van der Waals surface area contributed by atoms with E-state index in [9.17, 15) is 4.79 Å². The first-order valence-electron chi connectivity index (χ1n) is 10.7. The molecule has 3 N–H and O–H groups in total. The summed E-state index contributed by atoms with van der Waals surface area (Å²) in [7, 11) is 1.80. The fraction of sp³-hybridized carbons (Fsp3) is 0.652. The van der Waals surface area contributed by atoms with Gasteiger partial charge in [0.15, 0.2) is 12.6 Å². The molecule has 1 amide bonds. The maximum atomic E-state index is 11.7. The fourth-order valence-electron chi connectivity index (χ4n) is 2.87. The number of nitrogens with one attached hydrogen (secondary N) is 3. The van der Waals surface area contributed by atoms with Gasteiger partial charge in [-0.2, -0.15) is 0 Å². The maximum absolute atomic E-state index is 11.7. The highest BCUT2D eigenvalue weighted by Crippen LogP contribution is 2.21. The van der Waals surface area contributed by atoms with Crippen molar-refractivity contribution in [1.29, 1.82) is 0 Å². The highest BCUT2D eigenvalue weighted by atomic mass is 16.5. The highest BCUT2D eigenvalue weighted by molar-refractivity contribution is 5.80. The van der Waals surface area contributed by atoms with Crippen molar-refractivity contribution in [2.45, 2.75) is 71.9 Å². The second kappa shape index (κ2) is 11.1. The predicted octanol–water partition coefficient (Wildman–Crippen LogP) is 3.27. The molecule has 1 fully saturated rings. The van der Waals surface area contributed by atoms with Gasteiger partial charge in [-0.05, 0) is 62.1 Å². The minimum Gasteiger partial charge on any atom is -0.484 e. The Labute approximate surface area is 175 Å². The van der Waals surface area contributed by atoms with Crippen molar-refractivity contribution in [3.8, 4) is 5.75 Å². The lowest BCUT2D eigenvalue weighted by Crippen LogP contribution is -2.43. The molecule has 1 aromatic carbocycles. The molecule has 0 aromatic heterocycles. The molecule has 1 aromatic rings. The van der Waals surface area contributed by atoms with Crippen molar-refractivity contribution in [1.82, 2.24) is 16.0 Å². The number of nitrogens with zero attached hydrogens (tertiary/aromatic N) is 1. The molecule has 6 heteroatoms. The molecule has 1 aliphatic carbocycles. The Morgan fingerprint density at radius 3 is 2.52 bits per heavy atom. The quantitative estimate of drug-likeness (QED) is 0.415. The molecule has 0 heterocycles. The number of guanidine groups is 1. The fourth-order valence-corrected chi connectivity index (χ4v) is 2.87. The van der Waals surface area contributed by atoms with Crippen LogP contribution < -0.4 is 20.7 Å². The van der Waals surface area contributed by atoms with E-state index < -0.39 is 0 Å². The van der Waals surface area contributed by atoms with E-state index in [4.69, 9.17) is 4.74 Å². The van der Waals surface area contributed by atoms with Crippen LogP contribution in [0.2, 0.25) is 0 Å². The molecule has 1 atom stereocenters. The first-order valence-corrected chi connectivity index (χ1v) is 10.7. The van der Waals surface area contributed by atoms with Crippen LogP contribution in [-0.2, 0) is 11.2 Å². The summed E-state index contributed by atoms with van der Waals surface area (Å²) in [6, 6.07) is 8.67. The summed E-state index contributed by atoms with van der Waals surface area (Å²) in [5, 5.41) is 9.76. The minimum absolute atomic E-state index is 0.0450. The zero-order valence-corrected chi connectivity index (χ0v) is 18.7. The van der Waals surface area contributed by atoms with Gasteiger partial charge in [-0.25, -0.2) is 0 Å². The van der Waals surface area contributed by atoms with E-state index in [1.807, 2.05) is 24.3 Å². The molecule has 162 valence electrons. The van der Waals surface area contributed by atoms with Crippen molar-refractivity contribution in [2.75, 3.05) is 20.2 Å². The van der Waals surface area contributed by atoms with Gasteiger partial charge in [-0.15, -0.1) is 0 Å². The first-order chi connectivity index (χ1) is 13.7. The second-order valence-corrected chi connectivity index (χ2v) is 9.17. The summed E-state index contributed by atoms with van der Waals surface area (Å²) >= 11 is 0. The Hall–Kier alpha value is -2.24. The number of hydrogen-bond acceptors (Lipinski definition) is 3. The van der Waals surface area contributed by atoms with Crippen LogP contribution in [0, 0.1) is 5.41 Å². The molecule has 0 bridgehead atoms. The molecule has 1 aliphatic rings. The Kier molecular flexibility index (Phi) is 8.80. The summed E-state index contributed by atoms with van der Waals surface area (Å²) in [5.41, 5.74) is 1.56. The van der Waals surface area contributed by atoms with Crippen molar-refractivity contribution >= 4 is 11.9 Å². The number of carbonyl (C=O) groups excluding carboxylic acids is 1. The molecule has 0 radical (unpaired) electrons. The van der Waals surface area contributed by atoms with Crippen LogP contribution in [0.3, 0.4) is 0 Å². The van der Waals surface area contributed by atoms with E-state index in [1.54, 1.807) is 7.05 Å². The molecule has 6 nitrogen and oxygen atoms in total. The molecule has 2 rings (SSSR count). The van der Waals surface area contributed by atoms with E-state index >= 15 is 0 Å². The van der Waals surface area contributed by atoms with Gasteiger partial charge in [-0.1, -0.05) is 32.9 Å².